The molecule has 3 aromatic rings. The Hall–Kier alpha value is -2.49. The van der Waals surface area contributed by atoms with Gasteiger partial charge in [0.05, 0.1) is 11.8 Å². The standard InChI is InChI=1S/C13H8O4/c14-13(15)12-11(10-6-3-7-16-10)8-4-1-2-5-9(8)17-12/h1-7H,(H,14,15). The van der Waals surface area contributed by atoms with E-state index >= 15 is 0 Å². The van der Waals surface area contributed by atoms with Crippen molar-refractivity contribution in [3.05, 3.63) is 48.4 Å². The predicted octanol–water partition coefficient (Wildman–Crippen LogP) is 3.39. The van der Waals surface area contributed by atoms with Crippen LogP contribution in [0.1, 0.15) is 10.6 Å². The molecule has 0 saturated heterocycles. The molecule has 0 aliphatic rings. The van der Waals surface area contributed by atoms with Gasteiger partial charge in [0.2, 0.25) is 5.76 Å². The predicted molar refractivity (Wildman–Crippen MR) is 60.9 cm³/mol. The lowest BCUT2D eigenvalue weighted by atomic mass is 10.1. The first-order valence-electron chi connectivity index (χ1n) is 5.06. The van der Waals surface area contributed by atoms with Gasteiger partial charge in [0.15, 0.2) is 0 Å². The molecule has 1 aromatic carbocycles. The maximum atomic E-state index is 11.2. The zero-order valence-corrected chi connectivity index (χ0v) is 8.71. The third kappa shape index (κ3) is 1.42. The molecule has 0 amide bonds. The summed E-state index contributed by atoms with van der Waals surface area (Å²) in [6, 6.07) is 10.6. The number of para-hydroxylation sites is 1. The van der Waals surface area contributed by atoms with E-state index in [-0.39, 0.29) is 5.76 Å². The molecule has 0 fully saturated rings. The Balaban J connectivity index is 2.40. The Kier molecular flexibility index (Phi) is 2.01. The van der Waals surface area contributed by atoms with E-state index in [4.69, 9.17) is 13.9 Å². The van der Waals surface area contributed by atoms with Gasteiger partial charge in [0.1, 0.15) is 11.3 Å². The van der Waals surface area contributed by atoms with Crippen molar-refractivity contribution in [3.8, 4) is 11.3 Å². The van der Waals surface area contributed by atoms with Crippen molar-refractivity contribution < 1.29 is 18.7 Å². The van der Waals surface area contributed by atoms with Crippen LogP contribution in [0, 0.1) is 0 Å². The summed E-state index contributed by atoms with van der Waals surface area (Å²) in [5, 5.41) is 9.87. The van der Waals surface area contributed by atoms with Crippen LogP contribution < -0.4 is 0 Å². The summed E-state index contributed by atoms with van der Waals surface area (Å²) >= 11 is 0. The number of furan rings is 2. The Morgan fingerprint density at radius 1 is 1.12 bits per heavy atom. The highest BCUT2D eigenvalue weighted by Crippen LogP contribution is 2.34. The SMILES string of the molecule is O=C(O)c1oc2ccccc2c1-c1ccco1. The van der Waals surface area contributed by atoms with Crippen molar-refractivity contribution in [2.75, 3.05) is 0 Å². The fraction of sp³-hybridized carbons (Fsp3) is 0. The number of hydrogen-bond acceptors (Lipinski definition) is 3. The highest BCUT2D eigenvalue weighted by molar-refractivity contribution is 6.04. The lowest BCUT2D eigenvalue weighted by Crippen LogP contribution is -1.95. The summed E-state index contributed by atoms with van der Waals surface area (Å²) in [7, 11) is 0. The third-order valence-electron chi connectivity index (χ3n) is 2.56. The highest BCUT2D eigenvalue weighted by Gasteiger charge is 2.22. The van der Waals surface area contributed by atoms with Crippen LogP contribution >= 0.6 is 0 Å². The van der Waals surface area contributed by atoms with E-state index in [1.807, 2.05) is 12.1 Å². The fourth-order valence-electron chi connectivity index (χ4n) is 1.86. The lowest BCUT2D eigenvalue weighted by Gasteiger charge is -1.94. The number of fused-ring (bicyclic) bond motifs is 1. The van der Waals surface area contributed by atoms with Gasteiger partial charge in [-0.1, -0.05) is 18.2 Å². The quantitative estimate of drug-likeness (QED) is 0.730. The normalized spacial score (nSPS) is 10.8. The molecule has 2 aromatic heterocycles. The van der Waals surface area contributed by atoms with Gasteiger partial charge < -0.3 is 13.9 Å². The first-order chi connectivity index (χ1) is 8.27. The average Bonchev–Trinajstić information content (AvgIpc) is 2.94. The van der Waals surface area contributed by atoms with Crippen LogP contribution in [0.15, 0.2) is 51.5 Å². The molecule has 2 heterocycles. The van der Waals surface area contributed by atoms with Crippen molar-refractivity contribution in [1.29, 1.82) is 0 Å². The van der Waals surface area contributed by atoms with E-state index in [1.165, 1.54) is 6.26 Å². The van der Waals surface area contributed by atoms with Gasteiger partial charge in [0.25, 0.3) is 0 Å². The fourth-order valence-corrected chi connectivity index (χ4v) is 1.86. The summed E-state index contributed by atoms with van der Waals surface area (Å²) in [6.45, 7) is 0. The van der Waals surface area contributed by atoms with Crippen LogP contribution in [0.2, 0.25) is 0 Å². The third-order valence-corrected chi connectivity index (χ3v) is 2.56. The Bertz CT molecular complexity index is 677. The number of rotatable bonds is 2. The van der Waals surface area contributed by atoms with Crippen molar-refractivity contribution in [2.45, 2.75) is 0 Å². The lowest BCUT2D eigenvalue weighted by molar-refractivity contribution is 0.0666. The van der Waals surface area contributed by atoms with Crippen LogP contribution in [-0.2, 0) is 0 Å². The monoisotopic (exact) mass is 228 g/mol. The van der Waals surface area contributed by atoms with Gasteiger partial charge in [0, 0.05) is 5.39 Å². The molecule has 17 heavy (non-hydrogen) atoms. The molecule has 4 heteroatoms. The van der Waals surface area contributed by atoms with E-state index in [0.29, 0.717) is 16.9 Å². The molecule has 0 spiro atoms. The minimum absolute atomic E-state index is 0.0962. The number of benzene rings is 1. The van der Waals surface area contributed by atoms with Gasteiger partial charge in [-0.3, -0.25) is 0 Å². The number of carbonyl (C=O) groups is 1. The zero-order chi connectivity index (χ0) is 11.8. The van der Waals surface area contributed by atoms with E-state index < -0.39 is 5.97 Å². The minimum Gasteiger partial charge on any atom is -0.475 e. The second-order valence-corrected chi connectivity index (χ2v) is 3.58. The van der Waals surface area contributed by atoms with Gasteiger partial charge in [-0.05, 0) is 18.2 Å². The van der Waals surface area contributed by atoms with Crippen molar-refractivity contribution in [1.82, 2.24) is 0 Å². The van der Waals surface area contributed by atoms with Gasteiger partial charge >= 0.3 is 5.97 Å². The van der Waals surface area contributed by atoms with Crippen LogP contribution in [-0.4, -0.2) is 11.1 Å². The van der Waals surface area contributed by atoms with Gasteiger partial charge in [-0.25, -0.2) is 4.79 Å². The molecule has 0 saturated carbocycles. The van der Waals surface area contributed by atoms with Crippen molar-refractivity contribution >= 4 is 16.9 Å². The van der Waals surface area contributed by atoms with Crippen LogP contribution in [0.25, 0.3) is 22.3 Å². The van der Waals surface area contributed by atoms with Crippen molar-refractivity contribution in [3.63, 3.8) is 0 Å². The smallest absolute Gasteiger partial charge is 0.372 e. The molecule has 0 atom stereocenters. The van der Waals surface area contributed by atoms with Crippen molar-refractivity contribution in [2.24, 2.45) is 0 Å². The molecule has 1 N–H and O–H groups in total. The Morgan fingerprint density at radius 2 is 1.94 bits per heavy atom. The van der Waals surface area contributed by atoms with E-state index in [9.17, 15) is 4.79 Å². The maximum Gasteiger partial charge on any atom is 0.372 e. The molecular weight excluding hydrogens is 220 g/mol. The summed E-state index contributed by atoms with van der Waals surface area (Å²) in [6.07, 6.45) is 1.50. The average molecular weight is 228 g/mol. The molecule has 3 rings (SSSR count). The second-order valence-electron chi connectivity index (χ2n) is 3.58. The largest absolute Gasteiger partial charge is 0.475 e. The Morgan fingerprint density at radius 3 is 2.65 bits per heavy atom. The molecule has 0 radical (unpaired) electrons. The molecule has 4 nitrogen and oxygen atoms in total. The molecule has 0 bridgehead atoms. The van der Waals surface area contributed by atoms with Gasteiger partial charge in [-0.15, -0.1) is 0 Å². The molecule has 0 aliphatic heterocycles. The van der Waals surface area contributed by atoms with E-state index in [1.54, 1.807) is 24.3 Å². The van der Waals surface area contributed by atoms with Crippen LogP contribution in [0.3, 0.4) is 0 Å². The van der Waals surface area contributed by atoms with E-state index in [2.05, 4.69) is 0 Å². The molecule has 0 unspecified atom stereocenters. The number of carboxylic acids is 1. The topological polar surface area (TPSA) is 63.6 Å². The summed E-state index contributed by atoms with van der Waals surface area (Å²) in [5.41, 5.74) is 1.02. The number of carboxylic acid groups (broad SMARTS) is 1. The first-order valence-corrected chi connectivity index (χ1v) is 5.06. The molecular formula is C13H8O4. The Labute approximate surface area is 96.1 Å². The first kappa shape index (κ1) is 9.72. The summed E-state index contributed by atoms with van der Waals surface area (Å²) < 4.78 is 10.6. The highest BCUT2D eigenvalue weighted by atomic mass is 16.4. The molecule has 84 valence electrons. The summed E-state index contributed by atoms with van der Waals surface area (Å²) in [4.78, 5) is 11.2. The molecule has 0 aliphatic carbocycles. The zero-order valence-electron chi connectivity index (χ0n) is 8.71. The maximum absolute atomic E-state index is 11.2. The number of aromatic carboxylic acids is 1. The second kappa shape index (κ2) is 3.52. The summed E-state index contributed by atoms with van der Waals surface area (Å²) in [5.74, 6) is -0.707. The van der Waals surface area contributed by atoms with Crippen LogP contribution in [0.5, 0.6) is 0 Å². The van der Waals surface area contributed by atoms with Gasteiger partial charge in [-0.2, -0.15) is 0 Å². The minimum atomic E-state index is -1.10. The van der Waals surface area contributed by atoms with E-state index in [0.717, 1.165) is 5.39 Å². The van der Waals surface area contributed by atoms with Crippen LogP contribution in [0.4, 0.5) is 0 Å². The number of hydrogen-bond donors (Lipinski definition) is 1.